The summed E-state index contributed by atoms with van der Waals surface area (Å²) >= 11 is 0. The van der Waals surface area contributed by atoms with Crippen molar-refractivity contribution >= 4 is 21.1 Å². The van der Waals surface area contributed by atoms with E-state index in [9.17, 15) is 8.42 Å². The summed E-state index contributed by atoms with van der Waals surface area (Å²) in [4.78, 5) is 12.1. The van der Waals surface area contributed by atoms with Gasteiger partial charge in [0, 0.05) is 5.56 Å². The van der Waals surface area contributed by atoms with Crippen molar-refractivity contribution in [3.05, 3.63) is 83.7 Å². The predicted octanol–water partition coefficient (Wildman–Crippen LogP) is 4.38. The van der Waals surface area contributed by atoms with Crippen molar-refractivity contribution in [1.29, 1.82) is 0 Å². The molecule has 3 aromatic carbocycles. The van der Waals surface area contributed by atoms with Crippen LogP contribution in [0.3, 0.4) is 0 Å². The number of sulfonamides is 1. The summed E-state index contributed by atoms with van der Waals surface area (Å²) < 4.78 is 34.3. The van der Waals surface area contributed by atoms with E-state index in [0.29, 0.717) is 17.2 Å². The molecule has 5 rings (SSSR count). The van der Waals surface area contributed by atoms with E-state index in [1.54, 1.807) is 18.2 Å². The van der Waals surface area contributed by atoms with E-state index >= 15 is 0 Å². The summed E-state index contributed by atoms with van der Waals surface area (Å²) in [6, 6.07) is 20.0. The molecule has 0 aliphatic heterocycles. The average molecular weight is 460 g/mol. The van der Waals surface area contributed by atoms with E-state index < -0.39 is 10.0 Å². The van der Waals surface area contributed by atoms with Crippen LogP contribution in [0.1, 0.15) is 17.0 Å². The van der Waals surface area contributed by atoms with Crippen LogP contribution in [-0.4, -0.2) is 28.5 Å². The van der Waals surface area contributed by atoms with Gasteiger partial charge in [0.05, 0.1) is 28.0 Å². The number of nitrogens with zero attached hydrogens (tertiary/aromatic N) is 3. The lowest BCUT2D eigenvalue weighted by molar-refractivity contribution is 0.431. The number of H-pyrrole nitrogens is 1. The number of fused-ring (bicyclic) bond motifs is 1. The Morgan fingerprint density at radius 3 is 2.52 bits per heavy atom. The SMILES string of the molecule is Cc1ccc(-c2noc(-c3ccccc3S(=O)(=O)NCc3nc4ccc(C)cc4[nH]3)n2)cc1. The molecule has 0 spiro atoms. The Balaban J connectivity index is 1.42. The minimum Gasteiger partial charge on any atom is -0.341 e. The van der Waals surface area contributed by atoms with Gasteiger partial charge in [-0.15, -0.1) is 0 Å². The number of hydrogen-bond donors (Lipinski definition) is 2. The third kappa shape index (κ3) is 4.28. The quantitative estimate of drug-likeness (QED) is 0.390. The Hall–Kier alpha value is -3.82. The van der Waals surface area contributed by atoms with Gasteiger partial charge in [0.1, 0.15) is 5.82 Å². The number of aromatic amines is 1. The topological polar surface area (TPSA) is 114 Å². The summed E-state index contributed by atoms with van der Waals surface area (Å²) in [5.41, 5.74) is 4.97. The second kappa shape index (κ2) is 8.27. The zero-order valence-electron chi connectivity index (χ0n) is 18.0. The fraction of sp³-hybridized carbons (Fsp3) is 0.125. The van der Waals surface area contributed by atoms with E-state index in [-0.39, 0.29) is 17.3 Å². The van der Waals surface area contributed by atoms with Crippen LogP contribution in [0.15, 0.2) is 76.1 Å². The fourth-order valence-electron chi connectivity index (χ4n) is 3.53. The van der Waals surface area contributed by atoms with E-state index in [2.05, 4.69) is 24.8 Å². The van der Waals surface area contributed by atoms with E-state index in [1.807, 2.05) is 56.3 Å². The van der Waals surface area contributed by atoms with Crippen LogP contribution in [0.2, 0.25) is 0 Å². The van der Waals surface area contributed by atoms with Crippen molar-refractivity contribution in [3.8, 4) is 22.8 Å². The molecular formula is C24H21N5O3S. The third-order valence-corrected chi connectivity index (χ3v) is 6.72. The van der Waals surface area contributed by atoms with Crippen molar-refractivity contribution < 1.29 is 12.9 Å². The second-order valence-corrected chi connectivity index (χ2v) is 9.55. The molecule has 0 atom stereocenters. The van der Waals surface area contributed by atoms with Crippen LogP contribution < -0.4 is 4.72 Å². The first-order chi connectivity index (χ1) is 15.9. The molecule has 2 heterocycles. The van der Waals surface area contributed by atoms with Crippen LogP contribution >= 0.6 is 0 Å². The van der Waals surface area contributed by atoms with Crippen LogP contribution in [0.25, 0.3) is 33.9 Å². The summed E-state index contributed by atoms with van der Waals surface area (Å²) in [6.45, 7) is 4.00. The maximum atomic E-state index is 13.1. The van der Waals surface area contributed by atoms with Gasteiger partial charge in [-0.05, 0) is 43.7 Å². The molecule has 8 nitrogen and oxygen atoms in total. The van der Waals surface area contributed by atoms with Crippen molar-refractivity contribution in [2.45, 2.75) is 25.3 Å². The van der Waals surface area contributed by atoms with Crippen LogP contribution in [0, 0.1) is 13.8 Å². The number of aryl methyl sites for hydroxylation is 2. The molecule has 5 aromatic rings. The molecule has 166 valence electrons. The molecule has 9 heteroatoms. The Morgan fingerprint density at radius 1 is 0.939 bits per heavy atom. The Bertz CT molecular complexity index is 1550. The number of benzene rings is 3. The number of nitrogens with one attached hydrogen (secondary N) is 2. The molecule has 0 aliphatic carbocycles. The minimum absolute atomic E-state index is 0.0167. The maximum Gasteiger partial charge on any atom is 0.259 e. The zero-order valence-corrected chi connectivity index (χ0v) is 18.8. The van der Waals surface area contributed by atoms with Gasteiger partial charge >= 0.3 is 0 Å². The first-order valence-corrected chi connectivity index (χ1v) is 11.8. The summed E-state index contributed by atoms with van der Waals surface area (Å²) in [5.74, 6) is 1.05. The van der Waals surface area contributed by atoms with Crippen LogP contribution in [-0.2, 0) is 16.6 Å². The van der Waals surface area contributed by atoms with Gasteiger partial charge in [0.25, 0.3) is 5.89 Å². The third-order valence-electron chi connectivity index (χ3n) is 5.26. The highest BCUT2D eigenvalue weighted by Gasteiger charge is 2.23. The van der Waals surface area contributed by atoms with Gasteiger partial charge in [-0.3, -0.25) is 0 Å². The summed E-state index contributed by atoms with van der Waals surface area (Å²) in [7, 11) is -3.88. The largest absolute Gasteiger partial charge is 0.341 e. The van der Waals surface area contributed by atoms with Crippen LogP contribution in [0.4, 0.5) is 0 Å². The monoisotopic (exact) mass is 459 g/mol. The lowest BCUT2D eigenvalue weighted by Gasteiger charge is -2.08. The lowest BCUT2D eigenvalue weighted by atomic mass is 10.1. The molecule has 0 aliphatic rings. The van der Waals surface area contributed by atoms with Gasteiger partial charge in [-0.2, -0.15) is 4.98 Å². The summed E-state index contributed by atoms with van der Waals surface area (Å²) in [5, 5.41) is 4.02. The van der Waals surface area contributed by atoms with E-state index in [4.69, 9.17) is 4.52 Å². The highest BCUT2D eigenvalue weighted by Crippen LogP contribution is 2.28. The fourth-order valence-corrected chi connectivity index (χ4v) is 4.72. The molecule has 0 saturated heterocycles. The smallest absolute Gasteiger partial charge is 0.259 e. The molecule has 0 amide bonds. The van der Waals surface area contributed by atoms with Gasteiger partial charge in [-0.1, -0.05) is 53.2 Å². The first-order valence-electron chi connectivity index (χ1n) is 10.3. The number of rotatable bonds is 6. The molecule has 0 bridgehead atoms. The standard InChI is InChI=1S/C24H21N5O3S/c1-15-7-10-17(11-8-15)23-28-24(32-29-23)18-5-3-4-6-21(18)33(30,31)25-14-22-26-19-12-9-16(2)13-20(19)27-22/h3-13,25H,14H2,1-2H3,(H,26,27). The molecular weight excluding hydrogens is 438 g/mol. The van der Waals surface area contributed by atoms with Crippen LogP contribution in [0.5, 0.6) is 0 Å². The molecule has 0 unspecified atom stereocenters. The van der Waals surface area contributed by atoms with Crippen molar-refractivity contribution in [2.24, 2.45) is 0 Å². The van der Waals surface area contributed by atoms with Gasteiger partial charge in [0.2, 0.25) is 15.8 Å². The Labute approximate surface area is 190 Å². The second-order valence-electron chi connectivity index (χ2n) is 7.81. The molecule has 0 radical (unpaired) electrons. The number of imidazole rings is 1. The highest BCUT2D eigenvalue weighted by molar-refractivity contribution is 7.89. The van der Waals surface area contributed by atoms with Crippen molar-refractivity contribution in [3.63, 3.8) is 0 Å². The maximum absolute atomic E-state index is 13.1. The molecule has 2 N–H and O–H groups in total. The Kier molecular flexibility index (Phi) is 5.27. The van der Waals surface area contributed by atoms with Crippen molar-refractivity contribution in [2.75, 3.05) is 0 Å². The van der Waals surface area contributed by atoms with Gasteiger partial charge < -0.3 is 9.51 Å². The van der Waals surface area contributed by atoms with Gasteiger partial charge in [0.15, 0.2) is 0 Å². The average Bonchev–Trinajstić information content (AvgIpc) is 3.45. The number of aromatic nitrogens is 4. The summed E-state index contributed by atoms with van der Waals surface area (Å²) in [6.07, 6.45) is 0. The molecule has 33 heavy (non-hydrogen) atoms. The highest BCUT2D eigenvalue weighted by atomic mass is 32.2. The normalized spacial score (nSPS) is 11.8. The Morgan fingerprint density at radius 2 is 1.70 bits per heavy atom. The van der Waals surface area contributed by atoms with E-state index in [0.717, 1.165) is 27.7 Å². The lowest BCUT2D eigenvalue weighted by Crippen LogP contribution is -2.24. The number of hydrogen-bond acceptors (Lipinski definition) is 6. The van der Waals surface area contributed by atoms with E-state index in [1.165, 1.54) is 6.07 Å². The van der Waals surface area contributed by atoms with Gasteiger partial charge in [-0.25, -0.2) is 18.1 Å². The van der Waals surface area contributed by atoms with Crippen molar-refractivity contribution in [1.82, 2.24) is 24.8 Å². The minimum atomic E-state index is -3.88. The first kappa shape index (κ1) is 21.0. The molecule has 0 saturated carbocycles. The predicted molar refractivity (Wildman–Crippen MR) is 125 cm³/mol. The zero-order chi connectivity index (χ0) is 23.0. The molecule has 2 aromatic heterocycles. The molecule has 0 fully saturated rings.